The molecule has 0 aliphatic rings. The molecule has 0 atom stereocenters. The topological polar surface area (TPSA) is 108 Å². The Balaban J connectivity index is 2.40. The smallest absolute Gasteiger partial charge is 0.338 e. The standard InChI is InChI=1S/C11H7N3O5/c15-13(16)8-6-10(14(17)18)11(12-7-8)19-9-4-2-1-3-5-9/h1-7H. The lowest BCUT2D eigenvalue weighted by molar-refractivity contribution is -0.395. The molecule has 0 radical (unpaired) electrons. The SMILES string of the molecule is O=[N+]([O-])c1cnc(Oc2ccccc2)c([N+](=O)[O-])c1. The van der Waals surface area contributed by atoms with E-state index in [2.05, 4.69) is 4.98 Å². The number of ether oxygens (including phenoxy) is 1. The van der Waals surface area contributed by atoms with E-state index in [1.54, 1.807) is 30.3 Å². The summed E-state index contributed by atoms with van der Waals surface area (Å²) in [6, 6.07) is 9.12. The maximum Gasteiger partial charge on any atom is 0.338 e. The first-order chi connectivity index (χ1) is 9.08. The Bertz CT molecular complexity index is 629. The van der Waals surface area contributed by atoms with Crippen molar-refractivity contribution in [2.24, 2.45) is 0 Å². The molecule has 19 heavy (non-hydrogen) atoms. The van der Waals surface area contributed by atoms with Gasteiger partial charge >= 0.3 is 5.69 Å². The molecule has 8 nitrogen and oxygen atoms in total. The summed E-state index contributed by atoms with van der Waals surface area (Å²) in [7, 11) is 0. The van der Waals surface area contributed by atoms with Gasteiger partial charge in [-0.15, -0.1) is 0 Å². The Morgan fingerprint density at radius 2 is 1.74 bits per heavy atom. The molecule has 0 bridgehead atoms. The third-order valence-corrected chi connectivity index (χ3v) is 2.18. The van der Waals surface area contributed by atoms with Crippen molar-refractivity contribution in [3.63, 3.8) is 0 Å². The highest BCUT2D eigenvalue weighted by molar-refractivity contribution is 5.49. The Morgan fingerprint density at radius 1 is 1.05 bits per heavy atom. The van der Waals surface area contributed by atoms with Crippen molar-refractivity contribution >= 4 is 11.4 Å². The van der Waals surface area contributed by atoms with E-state index in [1.807, 2.05) is 0 Å². The first kappa shape index (κ1) is 12.4. The number of rotatable bonds is 4. The minimum atomic E-state index is -0.779. The zero-order chi connectivity index (χ0) is 13.8. The highest BCUT2D eigenvalue weighted by Crippen LogP contribution is 2.31. The van der Waals surface area contributed by atoms with E-state index in [0.29, 0.717) is 5.75 Å². The van der Waals surface area contributed by atoms with Crippen LogP contribution in [0.2, 0.25) is 0 Å². The summed E-state index contributed by atoms with van der Waals surface area (Å²) in [5, 5.41) is 21.4. The van der Waals surface area contributed by atoms with E-state index >= 15 is 0 Å². The fourth-order valence-electron chi connectivity index (χ4n) is 1.34. The van der Waals surface area contributed by atoms with Gasteiger partial charge in [-0.2, -0.15) is 0 Å². The number of pyridine rings is 1. The molecule has 1 aromatic heterocycles. The summed E-state index contributed by atoms with van der Waals surface area (Å²) in [5.41, 5.74) is -1.02. The number of nitrogens with zero attached hydrogens (tertiary/aromatic N) is 3. The van der Waals surface area contributed by atoms with Crippen LogP contribution in [0.1, 0.15) is 0 Å². The molecule has 0 aliphatic carbocycles. The maximum atomic E-state index is 10.8. The lowest BCUT2D eigenvalue weighted by atomic mass is 10.3. The van der Waals surface area contributed by atoms with Crippen LogP contribution in [0.15, 0.2) is 42.6 Å². The van der Waals surface area contributed by atoms with Crippen molar-refractivity contribution in [3.05, 3.63) is 62.8 Å². The number of nitro groups is 2. The quantitative estimate of drug-likeness (QED) is 0.618. The van der Waals surface area contributed by atoms with Gasteiger partial charge in [-0.1, -0.05) is 18.2 Å². The lowest BCUT2D eigenvalue weighted by Gasteiger charge is -2.04. The average Bonchev–Trinajstić information content (AvgIpc) is 2.39. The predicted molar refractivity (Wildman–Crippen MR) is 64.1 cm³/mol. The second-order valence-electron chi connectivity index (χ2n) is 3.45. The van der Waals surface area contributed by atoms with E-state index in [0.717, 1.165) is 12.3 Å². The molecule has 2 rings (SSSR count). The van der Waals surface area contributed by atoms with Gasteiger partial charge in [0.05, 0.1) is 9.85 Å². The van der Waals surface area contributed by atoms with Crippen LogP contribution in [-0.2, 0) is 0 Å². The second kappa shape index (κ2) is 5.08. The molecular weight excluding hydrogens is 254 g/mol. The Morgan fingerprint density at radius 3 is 2.32 bits per heavy atom. The average molecular weight is 261 g/mol. The van der Waals surface area contributed by atoms with Gasteiger partial charge in [-0.05, 0) is 12.1 Å². The largest absolute Gasteiger partial charge is 0.434 e. The Kier molecular flexibility index (Phi) is 3.33. The van der Waals surface area contributed by atoms with Crippen LogP contribution in [0.5, 0.6) is 11.6 Å². The van der Waals surface area contributed by atoms with Crippen LogP contribution in [-0.4, -0.2) is 14.8 Å². The maximum absolute atomic E-state index is 10.8. The lowest BCUT2D eigenvalue weighted by Crippen LogP contribution is -1.98. The monoisotopic (exact) mass is 261 g/mol. The minimum absolute atomic E-state index is 0.290. The van der Waals surface area contributed by atoms with Gasteiger partial charge in [-0.3, -0.25) is 20.2 Å². The molecule has 0 amide bonds. The van der Waals surface area contributed by atoms with Crippen LogP contribution in [0.25, 0.3) is 0 Å². The fourth-order valence-corrected chi connectivity index (χ4v) is 1.34. The molecule has 0 saturated carbocycles. The normalized spacial score (nSPS) is 9.89. The molecule has 0 fully saturated rings. The van der Waals surface area contributed by atoms with Crippen LogP contribution < -0.4 is 4.74 Å². The number of aromatic nitrogens is 1. The zero-order valence-electron chi connectivity index (χ0n) is 9.42. The summed E-state index contributed by atoms with van der Waals surface area (Å²) in [6.07, 6.45) is 0.908. The molecular formula is C11H7N3O5. The molecule has 8 heteroatoms. The molecule has 1 heterocycles. The fraction of sp³-hybridized carbons (Fsp3) is 0. The van der Waals surface area contributed by atoms with Crippen molar-refractivity contribution in [3.8, 4) is 11.6 Å². The summed E-state index contributed by atoms with van der Waals surface area (Å²) in [6.45, 7) is 0. The molecule has 96 valence electrons. The van der Waals surface area contributed by atoms with Crippen LogP contribution in [0.3, 0.4) is 0 Å². The van der Waals surface area contributed by atoms with E-state index in [9.17, 15) is 20.2 Å². The summed E-state index contributed by atoms with van der Waals surface area (Å²) in [4.78, 5) is 23.5. The summed E-state index contributed by atoms with van der Waals surface area (Å²) in [5.74, 6) is 0.0637. The second-order valence-corrected chi connectivity index (χ2v) is 3.45. The van der Waals surface area contributed by atoms with Gasteiger partial charge in [0.25, 0.3) is 11.6 Å². The van der Waals surface area contributed by atoms with Crippen LogP contribution in [0.4, 0.5) is 11.4 Å². The highest BCUT2D eigenvalue weighted by atomic mass is 16.6. The zero-order valence-corrected chi connectivity index (χ0v) is 9.42. The first-order valence-corrected chi connectivity index (χ1v) is 5.09. The number of benzene rings is 1. The minimum Gasteiger partial charge on any atom is -0.434 e. The number of hydrogen-bond donors (Lipinski definition) is 0. The number of para-hydroxylation sites is 1. The van der Waals surface area contributed by atoms with Gasteiger partial charge in [-0.25, -0.2) is 4.98 Å². The molecule has 1 aromatic carbocycles. The summed E-state index contributed by atoms with van der Waals surface area (Å²) < 4.78 is 5.23. The van der Waals surface area contributed by atoms with Crippen LogP contribution in [0, 0.1) is 20.2 Å². The highest BCUT2D eigenvalue weighted by Gasteiger charge is 2.22. The summed E-state index contributed by atoms with van der Waals surface area (Å²) >= 11 is 0. The predicted octanol–water partition coefficient (Wildman–Crippen LogP) is 2.69. The van der Waals surface area contributed by atoms with Crippen molar-refractivity contribution in [2.75, 3.05) is 0 Å². The third-order valence-electron chi connectivity index (χ3n) is 2.18. The van der Waals surface area contributed by atoms with Gasteiger partial charge in [0, 0.05) is 0 Å². The molecule has 0 saturated heterocycles. The Labute approximate surface area is 106 Å². The van der Waals surface area contributed by atoms with Crippen molar-refractivity contribution in [1.82, 2.24) is 4.98 Å². The van der Waals surface area contributed by atoms with Gasteiger partial charge < -0.3 is 4.74 Å². The molecule has 0 aliphatic heterocycles. The van der Waals surface area contributed by atoms with Gasteiger partial charge in [0.15, 0.2) is 0 Å². The van der Waals surface area contributed by atoms with Crippen molar-refractivity contribution < 1.29 is 14.6 Å². The van der Waals surface area contributed by atoms with Crippen molar-refractivity contribution in [2.45, 2.75) is 0 Å². The van der Waals surface area contributed by atoms with Gasteiger partial charge in [0.1, 0.15) is 18.0 Å². The Hall–Kier alpha value is -3.03. The van der Waals surface area contributed by atoms with E-state index in [4.69, 9.17) is 4.74 Å². The van der Waals surface area contributed by atoms with Gasteiger partial charge in [0.2, 0.25) is 0 Å². The van der Waals surface area contributed by atoms with Crippen LogP contribution >= 0.6 is 0 Å². The first-order valence-electron chi connectivity index (χ1n) is 5.09. The molecule has 0 spiro atoms. The molecule has 0 unspecified atom stereocenters. The third kappa shape index (κ3) is 2.80. The van der Waals surface area contributed by atoms with E-state index in [1.165, 1.54) is 0 Å². The number of hydrogen-bond acceptors (Lipinski definition) is 6. The molecule has 2 aromatic rings. The van der Waals surface area contributed by atoms with Crippen molar-refractivity contribution in [1.29, 1.82) is 0 Å². The van der Waals surface area contributed by atoms with E-state index < -0.39 is 21.2 Å². The molecule has 0 N–H and O–H groups in total. The van der Waals surface area contributed by atoms with E-state index in [-0.39, 0.29) is 5.88 Å².